The molecule has 0 aromatic heterocycles. The van der Waals surface area contributed by atoms with Crippen LogP contribution in [-0.4, -0.2) is 11.9 Å². The van der Waals surface area contributed by atoms with Gasteiger partial charge in [-0.25, -0.2) is 0 Å². The van der Waals surface area contributed by atoms with Gasteiger partial charge in [0.05, 0.1) is 0 Å². The lowest BCUT2D eigenvalue weighted by atomic mass is 9.97. The van der Waals surface area contributed by atoms with Gasteiger partial charge in [-0.2, -0.15) is 0 Å². The average molecular weight is 183 g/mol. The summed E-state index contributed by atoms with van der Waals surface area (Å²) in [5, 5.41) is 3.06. The van der Waals surface area contributed by atoms with Gasteiger partial charge >= 0.3 is 0 Å². The zero-order valence-corrected chi connectivity index (χ0v) is 8.97. The van der Waals surface area contributed by atoms with E-state index in [2.05, 4.69) is 26.1 Å². The van der Waals surface area contributed by atoms with Crippen molar-refractivity contribution in [2.75, 3.05) is 0 Å². The molecule has 1 saturated carbocycles. The van der Waals surface area contributed by atoms with Crippen LogP contribution in [0.2, 0.25) is 0 Å². The summed E-state index contributed by atoms with van der Waals surface area (Å²) in [5.41, 5.74) is 0. The molecule has 0 aliphatic heterocycles. The standard InChI is InChI=1S/C11H21NO/c1-4-9(3)12-11(13)10-7-5-6-8(10)2/h8-10H,4-7H2,1-3H3,(H,12,13). The Kier molecular flexibility index (Phi) is 3.76. The van der Waals surface area contributed by atoms with E-state index in [1.54, 1.807) is 0 Å². The topological polar surface area (TPSA) is 29.1 Å². The summed E-state index contributed by atoms with van der Waals surface area (Å²) in [5.74, 6) is 1.15. The highest BCUT2D eigenvalue weighted by Gasteiger charge is 2.29. The quantitative estimate of drug-likeness (QED) is 0.715. The Morgan fingerprint density at radius 3 is 2.69 bits per heavy atom. The van der Waals surface area contributed by atoms with Gasteiger partial charge in [0.1, 0.15) is 0 Å². The third kappa shape index (κ3) is 2.71. The zero-order chi connectivity index (χ0) is 9.84. The van der Waals surface area contributed by atoms with Crippen LogP contribution in [0.4, 0.5) is 0 Å². The van der Waals surface area contributed by atoms with E-state index in [0.29, 0.717) is 12.0 Å². The van der Waals surface area contributed by atoms with Crippen LogP contribution in [0.5, 0.6) is 0 Å². The molecule has 0 bridgehead atoms. The van der Waals surface area contributed by atoms with Gasteiger partial charge in [-0.15, -0.1) is 0 Å². The van der Waals surface area contributed by atoms with E-state index in [1.165, 1.54) is 12.8 Å². The molecule has 0 radical (unpaired) electrons. The fourth-order valence-corrected chi connectivity index (χ4v) is 1.99. The van der Waals surface area contributed by atoms with Gasteiger partial charge in [0, 0.05) is 12.0 Å². The van der Waals surface area contributed by atoms with Crippen LogP contribution in [0.3, 0.4) is 0 Å². The molecule has 1 amide bonds. The maximum atomic E-state index is 11.7. The SMILES string of the molecule is CCC(C)NC(=O)C1CCCC1C. The van der Waals surface area contributed by atoms with Crippen molar-refractivity contribution < 1.29 is 4.79 Å². The van der Waals surface area contributed by atoms with Crippen LogP contribution in [0.25, 0.3) is 0 Å². The first-order valence-electron chi connectivity index (χ1n) is 5.45. The van der Waals surface area contributed by atoms with E-state index in [-0.39, 0.29) is 11.8 Å². The predicted molar refractivity (Wildman–Crippen MR) is 54.4 cm³/mol. The van der Waals surface area contributed by atoms with Crippen molar-refractivity contribution in [1.29, 1.82) is 0 Å². The van der Waals surface area contributed by atoms with Crippen LogP contribution >= 0.6 is 0 Å². The Bertz CT molecular complexity index is 179. The van der Waals surface area contributed by atoms with Crippen molar-refractivity contribution in [2.45, 2.75) is 52.5 Å². The Hall–Kier alpha value is -0.530. The van der Waals surface area contributed by atoms with Gasteiger partial charge in [-0.1, -0.05) is 20.3 Å². The first-order chi connectivity index (χ1) is 6.15. The van der Waals surface area contributed by atoms with E-state index >= 15 is 0 Å². The third-order valence-electron chi connectivity index (χ3n) is 3.20. The number of hydrogen-bond donors (Lipinski definition) is 1. The molecule has 0 heterocycles. The van der Waals surface area contributed by atoms with Crippen molar-refractivity contribution in [3.05, 3.63) is 0 Å². The predicted octanol–water partition coefficient (Wildman–Crippen LogP) is 2.34. The van der Waals surface area contributed by atoms with Crippen molar-refractivity contribution in [3.63, 3.8) is 0 Å². The summed E-state index contributed by atoms with van der Waals surface area (Å²) in [4.78, 5) is 11.7. The molecule has 2 heteroatoms. The Balaban J connectivity index is 2.38. The first-order valence-corrected chi connectivity index (χ1v) is 5.45. The third-order valence-corrected chi connectivity index (χ3v) is 3.20. The average Bonchev–Trinajstić information content (AvgIpc) is 2.51. The number of rotatable bonds is 3. The van der Waals surface area contributed by atoms with Gasteiger partial charge in [-0.3, -0.25) is 4.79 Å². The summed E-state index contributed by atoms with van der Waals surface area (Å²) in [6, 6.07) is 0.334. The lowest BCUT2D eigenvalue weighted by molar-refractivity contribution is -0.126. The number of carbonyl (C=O) groups is 1. The minimum Gasteiger partial charge on any atom is -0.353 e. The Morgan fingerprint density at radius 2 is 2.23 bits per heavy atom. The summed E-state index contributed by atoms with van der Waals surface area (Å²) >= 11 is 0. The van der Waals surface area contributed by atoms with Crippen molar-refractivity contribution in [3.8, 4) is 0 Å². The molecule has 1 rings (SSSR count). The molecule has 76 valence electrons. The highest BCUT2D eigenvalue weighted by Crippen LogP contribution is 2.31. The molecule has 3 unspecified atom stereocenters. The highest BCUT2D eigenvalue weighted by molar-refractivity contribution is 5.79. The second-order valence-corrected chi connectivity index (χ2v) is 4.33. The van der Waals surface area contributed by atoms with Gasteiger partial charge in [0.25, 0.3) is 0 Å². The molecule has 1 aliphatic rings. The fourth-order valence-electron chi connectivity index (χ4n) is 1.99. The van der Waals surface area contributed by atoms with Crippen LogP contribution < -0.4 is 5.32 Å². The first kappa shape index (κ1) is 10.6. The number of nitrogens with one attached hydrogen (secondary N) is 1. The summed E-state index contributed by atoms with van der Waals surface area (Å²) in [6.07, 6.45) is 4.55. The van der Waals surface area contributed by atoms with Crippen molar-refractivity contribution in [2.24, 2.45) is 11.8 Å². The van der Waals surface area contributed by atoms with Crippen molar-refractivity contribution in [1.82, 2.24) is 5.32 Å². The van der Waals surface area contributed by atoms with E-state index in [4.69, 9.17) is 0 Å². The molecule has 3 atom stereocenters. The van der Waals surface area contributed by atoms with Crippen LogP contribution in [0, 0.1) is 11.8 Å². The second-order valence-electron chi connectivity index (χ2n) is 4.33. The smallest absolute Gasteiger partial charge is 0.223 e. The Morgan fingerprint density at radius 1 is 1.54 bits per heavy atom. The second kappa shape index (κ2) is 4.64. The molecular formula is C11H21NO. The molecule has 1 N–H and O–H groups in total. The maximum Gasteiger partial charge on any atom is 0.223 e. The highest BCUT2D eigenvalue weighted by atomic mass is 16.1. The van der Waals surface area contributed by atoms with E-state index in [1.807, 2.05) is 0 Å². The molecule has 1 aliphatic carbocycles. The summed E-state index contributed by atoms with van der Waals surface area (Å²) in [6.45, 7) is 6.36. The van der Waals surface area contributed by atoms with E-state index in [0.717, 1.165) is 12.8 Å². The lowest BCUT2D eigenvalue weighted by Crippen LogP contribution is -2.37. The monoisotopic (exact) mass is 183 g/mol. The van der Waals surface area contributed by atoms with E-state index < -0.39 is 0 Å². The van der Waals surface area contributed by atoms with Gasteiger partial charge in [0.2, 0.25) is 5.91 Å². The maximum absolute atomic E-state index is 11.7. The molecule has 0 aromatic carbocycles. The fraction of sp³-hybridized carbons (Fsp3) is 0.909. The minimum atomic E-state index is 0.277. The van der Waals surface area contributed by atoms with Gasteiger partial charge < -0.3 is 5.32 Å². The number of amides is 1. The van der Waals surface area contributed by atoms with Crippen LogP contribution in [-0.2, 0) is 4.79 Å². The van der Waals surface area contributed by atoms with E-state index in [9.17, 15) is 4.79 Å². The van der Waals surface area contributed by atoms with Crippen molar-refractivity contribution >= 4 is 5.91 Å². The molecule has 1 fully saturated rings. The summed E-state index contributed by atoms with van der Waals surface area (Å²) < 4.78 is 0. The van der Waals surface area contributed by atoms with Gasteiger partial charge in [-0.05, 0) is 32.1 Å². The van der Waals surface area contributed by atoms with Crippen LogP contribution in [0.15, 0.2) is 0 Å². The van der Waals surface area contributed by atoms with Crippen LogP contribution in [0.1, 0.15) is 46.5 Å². The minimum absolute atomic E-state index is 0.277. The molecule has 0 spiro atoms. The molecular weight excluding hydrogens is 162 g/mol. The molecule has 0 aromatic rings. The lowest BCUT2D eigenvalue weighted by Gasteiger charge is -2.18. The Labute approximate surface area is 81.1 Å². The molecule has 13 heavy (non-hydrogen) atoms. The number of hydrogen-bond acceptors (Lipinski definition) is 1. The number of carbonyl (C=O) groups excluding carboxylic acids is 1. The normalized spacial score (nSPS) is 30.1. The molecule has 2 nitrogen and oxygen atoms in total. The largest absolute Gasteiger partial charge is 0.353 e. The summed E-state index contributed by atoms with van der Waals surface area (Å²) in [7, 11) is 0. The van der Waals surface area contributed by atoms with Gasteiger partial charge in [0.15, 0.2) is 0 Å². The zero-order valence-electron chi connectivity index (χ0n) is 8.97. The molecule has 0 saturated heterocycles.